The van der Waals surface area contributed by atoms with Gasteiger partial charge in [-0.25, -0.2) is 9.97 Å². The number of aromatic nitrogens is 2. The van der Waals surface area contributed by atoms with Crippen LogP contribution >= 0.6 is 22.9 Å². The number of carbonyl (C=O) groups is 1. The summed E-state index contributed by atoms with van der Waals surface area (Å²) in [4.78, 5) is 31.4. The van der Waals surface area contributed by atoms with Crippen LogP contribution in [0.3, 0.4) is 0 Å². The van der Waals surface area contributed by atoms with Gasteiger partial charge in [-0.15, -0.1) is 11.3 Å². The monoisotopic (exact) mass is 312 g/mol. The van der Waals surface area contributed by atoms with Gasteiger partial charge < -0.3 is 4.90 Å². The predicted octanol–water partition coefficient (Wildman–Crippen LogP) is 2.37. The number of amides is 1. The summed E-state index contributed by atoms with van der Waals surface area (Å²) in [6, 6.07) is 1.12. The summed E-state index contributed by atoms with van der Waals surface area (Å²) in [5.74, 6) is -0.445. The molecule has 0 fully saturated rings. The normalized spacial score (nSPS) is 10.3. The van der Waals surface area contributed by atoms with Crippen molar-refractivity contribution < 1.29 is 9.72 Å². The summed E-state index contributed by atoms with van der Waals surface area (Å²) in [5.41, 5.74) is 2.12. The van der Waals surface area contributed by atoms with Gasteiger partial charge in [0.1, 0.15) is 11.3 Å². The number of pyridine rings is 1. The minimum atomic E-state index is -0.624. The van der Waals surface area contributed by atoms with E-state index in [9.17, 15) is 14.9 Å². The molecule has 0 aromatic carbocycles. The van der Waals surface area contributed by atoms with Crippen LogP contribution in [0.4, 0.5) is 5.69 Å². The quantitative estimate of drug-likeness (QED) is 0.491. The first kappa shape index (κ1) is 14.4. The average molecular weight is 313 g/mol. The minimum Gasteiger partial charge on any atom is -0.336 e. The molecule has 7 nitrogen and oxygen atoms in total. The fourth-order valence-electron chi connectivity index (χ4n) is 1.52. The molecule has 2 aromatic rings. The molecule has 9 heteroatoms. The van der Waals surface area contributed by atoms with Gasteiger partial charge in [-0.05, 0) is 0 Å². The number of hydrogen-bond donors (Lipinski definition) is 0. The van der Waals surface area contributed by atoms with Crippen molar-refractivity contribution in [2.45, 2.75) is 6.54 Å². The minimum absolute atomic E-state index is 0.00130. The van der Waals surface area contributed by atoms with Crippen LogP contribution in [0.1, 0.15) is 16.1 Å². The van der Waals surface area contributed by atoms with Crippen molar-refractivity contribution in [1.29, 1.82) is 0 Å². The zero-order valence-corrected chi connectivity index (χ0v) is 11.9. The molecule has 2 aromatic heterocycles. The second-order valence-electron chi connectivity index (χ2n) is 3.93. The highest BCUT2D eigenvalue weighted by molar-refractivity contribution is 7.07. The maximum absolute atomic E-state index is 12.2. The summed E-state index contributed by atoms with van der Waals surface area (Å²) >= 11 is 7.25. The summed E-state index contributed by atoms with van der Waals surface area (Å²) in [7, 11) is 1.57. The number of nitro groups is 1. The van der Waals surface area contributed by atoms with Crippen molar-refractivity contribution in [1.82, 2.24) is 14.9 Å². The van der Waals surface area contributed by atoms with E-state index in [4.69, 9.17) is 11.6 Å². The van der Waals surface area contributed by atoms with Gasteiger partial charge in [0.2, 0.25) is 0 Å². The van der Waals surface area contributed by atoms with Crippen LogP contribution in [0.5, 0.6) is 0 Å². The summed E-state index contributed by atoms with van der Waals surface area (Å²) in [5, 5.41) is 12.5. The summed E-state index contributed by atoms with van der Waals surface area (Å²) < 4.78 is 0. The molecule has 2 heterocycles. The smallest absolute Gasteiger partial charge is 0.288 e. The molecule has 0 N–H and O–H groups in total. The molecular weight excluding hydrogens is 304 g/mol. The number of hydrogen-bond acceptors (Lipinski definition) is 6. The van der Waals surface area contributed by atoms with Gasteiger partial charge >= 0.3 is 0 Å². The van der Waals surface area contributed by atoms with E-state index in [1.165, 1.54) is 16.2 Å². The third-order valence-electron chi connectivity index (χ3n) is 2.50. The molecule has 0 aliphatic heterocycles. The Morgan fingerprint density at radius 1 is 1.55 bits per heavy atom. The van der Waals surface area contributed by atoms with Crippen molar-refractivity contribution in [3.8, 4) is 0 Å². The van der Waals surface area contributed by atoms with Crippen LogP contribution < -0.4 is 0 Å². The second kappa shape index (κ2) is 5.93. The molecule has 0 aliphatic rings. The van der Waals surface area contributed by atoms with Gasteiger partial charge in [-0.1, -0.05) is 11.6 Å². The number of nitrogens with zero attached hydrogens (tertiary/aromatic N) is 4. The highest BCUT2D eigenvalue weighted by Gasteiger charge is 2.20. The molecule has 0 saturated heterocycles. The lowest BCUT2D eigenvalue weighted by atomic mass is 10.2. The topological polar surface area (TPSA) is 89.2 Å². The van der Waals surface area contributed by atoms with E-state index in [-0.39, 0.29) is 16.4 Å². The third kappa shape index (κ3) is 3.09. The molecule has 1 amide bonds. The molecule has 2 rings (SSSR count). The highest BCUT2D eigenvalue weighted by Crippen LogP contribution is 2.21. The zero-order valence-electron chi connectivity index (χ0n) is 10.3. The molecule has 20 heavy (non-hydrogen) atoms. The van der Waals surface area contributed by atoms with Crippen LogP contribution in [0.25, 0.3) is 0 Å². The van der Waals surface area contributed by atoms with E-state index >= 15 is 0 Å². The van der Waals surface area contributed by atoms with Crippen molar-refractivity contribution in [2.24, 2.45) is 0 Å². The molecule has 0 spiro atoms. The van der Waals surface area contributed by atoms with Gasteiger partial charge in [-0.2, -0.15) is 0 Å². The Morgan fingerprint density at radius 3 is 2.90 bits per heavy atom. The van der Waals surface area contributed by atoms with E-state index in [1.54, 1.807) is 12.6 Å². The van der Waals surface area contributed by atoms with Crippen molar-refractivity contribution in [3.63, 3.8) is 0 Å². The molecule has 0 radical (unpaired) electrons. The molecule has 0 saturated carbocycles. The van der Waals surface area contributed by atoms with Crippen molar-refractivity contribution >= 4 is 34.5 Å². The second-order valence-corrected chi connectivity index (χ2v) is 5.01. The lowest BCUT2D eigenvalue weighted by Crippen LogP contribution is -2.26. The molecule has 0 atom stereocenters. The number of thiazole rings is 1. The fraction of sp³-hybridized carbons (Fsp3) is 0.182. The first-order valence-electron chi connectivity index (χ1n) is 5.41. The number of rotatable bonds is 4. The summed E-state index contributed by atoms with van der Waals surface area (Å²) in [6.45, 7) is 0.293. The van der Waals surface area contributed by atoms with E-state index < -0.39 is 10.8 Å². The van der Waals surface area contributed by atoms with Crippen LogP contribution in [0, 0.1) is 10.1 Å². The standard InChI is InChI=1S/C11H9ClN4O3S/c1-15(4-7-5-20-6-14-7)11(17)9-2-8(16(18)19)3-13-10(9)12/h2-3,5-6H,4H2,1H3. The SMILES string of the molecule is CN(Cc1cscn1)C(=O)c1cc([N+](=O)[O-])cnc1Cl. The van der Waals surface area contributed by atoms with Gasteiger partial charge in [0, 0.05) is 18.5 Å². The molecular formula is C11H9ClN4O3S. The van der Waals surface area contributed by atoms with Crippen LogP contribution in [-0.2, 0) is 6.54 Å². The van der Waals surface area contributed by atoms with Crippen LogP contribution in [0.2, 0.25) is 5.15 Å². The fourth-order valence-corrected chi connectivity index (χ4v) is 2.26. The van der Waals surface area contributed by atoms with Gasteiger partial charge in [0.05, 0.1) is 28.2 Å². The third-order valence-corrected chi connectivity index (χ3v) is 3.43. The van der Waals surface area contributed by atoms with Crippen LogP contribution in [-0.4, -0.2) is 32.7 Å². The molecule has 0 bridgehead atoms. The molecule has 0 unspecified atom stereocenters. The first-order valence-corrected chi connectivity index (χ1v) is 6.73. The van der Waals surface area contributed by atoms with Gasteiger partial charge in [0.15, 0.2) is 0 Å². The molecule has 0 aliphatic carbocycles. The Labute approximate surface area is 123 Å². The molecule has 104 valence electrons. The first-order chi connectivity index (χ1) is 9.49. The Bertz CT molecular complexity index is 647. The number of carbonyl (C=O) groups excluding carboxylic acids is 1. The Morgan fingerprint density at radius 2 is 2.30 bits per heavy atom. The maximum Gasteiger partial charge on any atom is 0.288 e. The lowest BCUT2D eigenvalue weighted by molar-refractivity contribution is -0.385. The Kier molecular flexibility index (Phi) is 4.26. The number of halogens is 1. The van der Waals surface area contributed by atoms with E-state index in [0.29, 0.717) is 6.54 Å². The Balaban J connectivity index is 2.23. The van der Waals surface area contributed by atoms with Gasteiger partial charge in [-0.3, -0.25) is 14.9 Å². The maximum atomic E-state index is 12.2. The van der Waals surface area contributed by atoms with E-state index in [2.05, 4.69) is 9.97 Å². The van der Waals surface area contributed by atoms with Crippen LogP contribution in [0.15, 0.2) is 23.2 Å². The highest BCUT2D eigenvalue weighted by atomic mass is 35.5. The lowest BCUT2D eigenvalue weighted by Gasteiger charge is -2.16. The zero-order chi connectivity index (χ0) is 14.7. The summed E-state index contributed by atoms with van der Waals surface area (Å²) in [6.07, 6.45) is 1.01. The van der Waals surface area contributed by atoms with E-state index in [1.807, 2.05) is 5.38 Å². The van der Waals surface area contributed by atoms with E-state index in [0.717, 1.165) is 18.0 Å². The largest absolute Gasteiger partial charge is 0.336 e. The predicted molar refractivity (Wildman–Crippen MR) is 73.8 cm³/mol. The van der Waals surface area contributed by atoms with Gasteiger partial charge in [0.25, 0.3) is 11.6 Å². The average Bonchev–Trinajstić information content (AvgIpc) is 2.91. The van der Waals surface area contributed by atoms with Crippen molar-refractivity contribution in [2.75, 3.05) is 7.05 Å². The van der Waals surface area contributed by atoms with Crippen molar-refractivity contribution in [3.05, 3.63) is 49.7 Å². The Hall–Kier alpha value is -2.06.